The first-order valence-corrected chi connectivity index (χ1v) is 10.5. The lowest BCUT2D eigenvalue weighted by atomic mass is 10.1. The Bertz CT molecular complexity index is 1370. The number of para-hydroxylation sites is 1. The van der Waals surface area contributed by atoms with Gasteiger partial charge in [0.05, 0.1) is 16.8 Å². The number of benzene rings is 2. The van der Waals surface area contributed by atoms with Gasteiger partial charge in [-0.15, -0.1) is 0 Å². The van der Waals surface area contributed by atoms with Crippen molar-refractivity contribution in [3.05, 3.63) is 77.9 Å². The summed E-state index contributed by atoms with van der Waals surface area (Å²) >= 11 is 0. The smallest absolute Gasteiger partial charge is 0.322 e. The minimum atomic E-state index is -0.539. The van der Waals surface area contributed by atoms with E-state index in [0.29, 0.717) is 34.5 Å². The van der Waals surface area contributed by atoms with Crippen molar-refractivity contribution >= 4 is 40.0 Å². The Morgan fingerprint density at radius 1 is 1.09 bits per heavy atom. The molecule has 0 bridgehead atoms. The Balaban J connectivity index is 1.51. The molecule has 3 amide bonds. The molecule has 4 rings (SSSR count). The van der Waals surface area contributed by atoms with E-state index in [-0.39, 0.29) is 11.7 Å². The number of hydrogen-bond acceptors (Lipinski definition) is 5. The van der Waals surface area contributed by atoms with Gasteiger partial charge in [-0.1, -0.05) is 12.1 Å². The van der Waals surface area contributed by atoms with E-state index in [1.165, 1.54) is 11.0 Å². The third kappa shape index (κ3) is 4.96. The number of rotatable bonds is 6. The van der Waals surface area contributed by atoms with Gasteiger partial charge in [-0.2, -0.15) is 5.10 Å². The van der Waals surface area contributed by atoms with Crippen molar-refractivity contribution in [3.8, 4) is 0 Å². The van der Waals surface area contributed by atoms with Crippen molar-refractivity contribution in [1.82, 2.24) is 19.7 Å². The third-order valence-electron chi connectivity index (χ3n) is 5.11. The molecule has 0 aliphatic carbocycles. The van der Waals surface area contributed by atoms with Crippen molar-refractivity contribution < 1.29 is 14.0 Å². The molecule has 3 N–H and O–H groups in total. The molecule has 2 heterocycles. The summed E-state index contributed by atoms with van der Waals surface area (Å²) < 4.78 is 16.1. The number of nitrogens with one attached hydrogen (secondary N) is 3. The molecular weight excluding hydrogens is 437 g/mol. The minimum Gasteiger partial charge on any atom is -0.380 e. The van der Waals surface area contributed by atoms with Gasteiger partial charge in [0, 0.05) is 51.2 Å². The van der Waals surface area contributed by atoms with Crippen LogP contribution in [0.25, 0.3) is 10.9 Å². The number of amides is 3. The maximum atomic E-state index is 14.5. The molecule has 4 aromatic rings. The van der Waals surface area contributed by atoms with Crippen LogP contribution in [-0.4, -0.2) is 45.7 Å². The minimum absolute atomic E-state index is 0.0841. The highest BCUT2D eigenvalue weighted by Gasteiger charge is 2.17. The van der Waals surface area contributed by atoms with Crippen molar-refractivity contribution in [1.29, 1.82) is 0 Å². The highest BCUT2D eigenvalue weighted by molar-refractivity contribution is 6.11. The molecule has 9 nitrogen and oxygen atoms in total. The maximum Gasteiger partial charge on any atom is 0.322 e. The average molecular weight is 462 g/mol. The summed E-state index contributed by atoms with van der Waals surface area (Å²) in [6.07, 6.45) is 3.26. The number of pyridine rings is 1. The topological polar surface area (TPSA) is 104 Å². The molecule has 0 radical (unpaired) electrons. The zero-order valence-corrected chi connectivity index (χ0v) is 19.0. The van der Waals surface area contributed by atoms with Crippen LogP contribution < -0.4 is 16.0 Å². The predicted molar refractivity (Wildman–Crippen MR) is 129 cm³/mol. The van der Waals surface area contributed by atoms with Gasteiger partial charge in [0.1, 0.15) is 11.6 Å². The summed E-state index contributed by atoms with van der Waals surface area (Å²) in [5.74, 6) is -0.570. The number of carbonyl (C=O) groups excluding carboxylic acids is 2. The molecule has 174 valence electrons. The van der Waals surface area contributed by atoms with Crippen LogP contribution in [-0.2, 0) is 13.6 Å². The molecule has 2 aromatic carbocycles. The molecule has 34 heavy (non-hydrogen) atoms. The van der Waals surface area contributed by atoms with Crippen LogP contribution in [0.15, 0.2) is 60.9 Å². The molecule has 0 saturated carbocycles. The van der Waals surface area contributed by atoms with Crippen molar-refractivity contribution in [2.45, 2.75) is 6.54 Å². The summed E-state index contributed by atoms with van der Waals surface area (Å²) in [5.41, 5.74) is 2.46. The Kier molecular flexibility index (Phi) is 6.39. The number of carbonyl (C=O) groups is 2. The zero-order valence-electron chi connectivity index (χ0n) is 19.0. The summed E-state index contributed by atoms with van der Waals surface area (Å²) in [6, 6.07) is 13.1. The van der Waals surface area contributed by atoms with Crippen molar-refractivity contribution in [2.75, 3.05) is 30.0 Å². The Morgan fingerprint density at radius 3 is 2.68 bits per heavy atom. The normalized spacial score (nSPS) is 10.7. The monoisotopic (exact) mass is 461 g/mol. The molecular formula is C24H24FN7O2. The van der Waals surface area contributed by atoms with E-state index in [1.54, 1.807) is 80.7 Å². The van der Waals surface area contributed by atoms with Crippen LogP contribution in [0, 0.1) is 5.82 Å². The number of urea groups is 1. The lowest BCUT2D eigenvalue weighted by Gasteiger charge is -2.14. The standard InChI is InChI=1S/C24H24FN7O2/c1-31(2)24(34)28-21-12-15(10-11-26-21)13-27-19-7-5-4-6-16(19)23(33)29-22-17-14-32(3)30-20(17)9-8-18(22)25/h4-12,14,27H,13H2,1-3H3,(H,29,33)(H,26,28,34). The lowest BCUT2D eigenvalue weighted by molar-refractivity contribution is 0.102. The third-order valence-corrected chi connectivity index (χ3v) is 5.11. The quantitative estimate of drug-likeness (QED) is 0.402. The van der Waals surface area contributed by atoms with Crippen LogP contribution in [0.4, 0.5) is 26.4 Å². The fourth-order valence-corrected chi connectivity index (χ4v) is 3.40. The number of anilines is 3. The zero-order chi connectivity index (χ0) is 24.2. The number of halogens is 1. The van der Waals surface area contributed by atoms with Gasteiger partial charge in [0.2, 0.25) is 0 Å². The Morgan fingerprint density at radius 2 is 1.88 bits per heavy atom. The first-order valence-electron chi connectivity index (χ1n) is 10.5. The molecule has 0 unspecified atom stereocenters. The maximum absolute atomic E-state index is 14.5. The molecule has 0 saturated heterocycles. The highest BCUT2D eigenvalue weighted by atomic mass is 19.1. The fraction of sp³-hybridized carbons (Fsp3) is 0.167. The second kappa shape index (κ2) is 9.57. The average Bonchev–Trinajstić information content (AvgIpc) is 3.20. The summed E-state index contributed by atoms with van der Waals surface area (Å²) in [4.78, 5) is 30.5. The van der Waals surface area contributed by atoms with Gasteiger partial charge in [-0.3, -0.25) is 14.8 Å². The second-order valence-corrected chi connectivity index (χ2v) is 7.89. The van der Waals surface area contributed by atoms with Gasteiger partial charge in [-0.05, 0) is 42.0 Å². The van der Waals surface area contributed by atoms with Crippen molar-refractivity contribution in [3.63, 3.8) is 0 Å². The van der Waals surface area contributed by atoms with Gasteiger partial charge in [0.15, 0.2) is 0 Å². The molecule has 0 spiro atoms. The first kappa shape index (κ1) is 22.7. The van der Waals surface area contributed by atoms with Crippen LogP contribution in [0.2, 0.25) is 0 Å². The first-order chi connectivity index (χ1) is 16.3. The summed E-state index contributed by atoms with van der Waals surface area (Å²) in [6.45, 7) is 0.379. The van der Waals surface area contributed by atoms with Gasteiger partial charge >= 0.3 is 6.03 Å². The van der Waals surface area contributed by atoms with Crippen molar-refractivity contribution in [2.24, 2.45) is 7.05 Å². The van der Waals surface area contributed by atoms with E-state index in [4.69, 9.17) is 0 Å². The van der Waals surface area contributed by atoms with E-state index >= 15 is 0 Å². The Hall–Kier alpha value is -4.47. The number of aryl methyl sites for hydroxylation is 1. The van der Waals surface area contributed by atoms with Crippen LogP contribution in [0.5, 0.6) is 0 Å². The predicted octanol–water partition coefficient (Wildman–Crippen LogP) is 4.07. The van der Waals surface area contributed by atoms with Gasteiger partial charge in [0.25, 0.3) is 5.91 Å². The SMILES string of the molecule is CN(C)C(=O)Nc1cc(CNc2ccccc2C(=O)Nc2c(F)ccc3nn(C)cc23)ccn1. The van der Waals surface area contributed by atoms with Gasteiger partial charge in [-0.25, -0.2) is 14.2 Å². The van der Waals surface area contributed by atoms with E-state index in [2.05, 4.69) is 26.0 Å². The largest absolute Gasteiger partial charge is 0.380 e. The number of hydrogen-bond donors (Lipinski definition) is 3. The van der Waals surface area contributed by atoms with E-state index < -0.39 is 11.7 Å². The summed E-state index contributed by atoms with van der Waals surface area (Å²) in [7, 11) is 5.02. The number of fused-ring (bicyclic) bond motifs is 1. The van der Waals surface area contributed by atoms with E-state index in [0.717, 1.165) is 5.56 Å². The van der Waals surface area contributed by atoms with E-state index in [1.807, 2.05) is 0 Å². The van der Waals surface area contributed by atoms with Crippen LogP contribution >= 0.6 is 0 Å². The second-order valence-electron chi connectivity index (χ2n) is 7.89. The van der Waals surface area contributed by atoms with Crippen LogP contribution in [0.3, 0.4) is 0 Å². The molecule has 0 aliphatic rings. The summed E-state index contributed by atoms with van der Waals surface area (Å²) in [5, 5.41) is 13.4. The fourth-order valence-electron chi connectivity index (χ4n) is 3.40. The molecule has 10 heteroatoms. The van der Waals surface area contributed by atoms with Crippen LogP contribution in [0.1, 0.15) is 15.9 Å². The Labute approximate surface area is 195 Å². The lowest BCUT2D eigenvalue weighted by Crippen LogP contribution is -2.27. The highest BCUT2D eigenvalue weighted by Crippen LogP contribution is 2.27. The molecule has 0 atom stereocenters. The molecule has 0 fully saturated rings. The number of aromatic nitrogens is 3. The van der Waals surface area contributed by atoms with E-state index in [9.17, 15) is 14.0 Å². The number of nitrogens with zero attached hydrogens (tertiary/aromatic N) is 4. The molecule has 0 aliphatic heterocycles. The van der Waals surface area contributed by atoms with Gasteiger partial charge < -0.3 is 15.5 Å². The molecule has 2 aromatic heterocycles.